The fourth-order valence-corrected chi connectivity index (χ4v) is 2.24. The highest BCUT2D eigenvalue weighted by Crippen LogP contribution is 2.21. The van der Waals surface area contributed by atoms with Gasteiger partial charge in [0, 0.05) is 11.1 Å². The molecular formula is C17H9F3N4O2. The van der Waals surface area contributed by atoms with Crippen LogP contribution in [0.15, 0.2) is 51.4 Å². The Labute approximate surface area is 144 Å². The first-order valence-corrected chi connectivity index (χ1v) is 7.45. The largest absolute Gasteiger partial charge is 0.420 e. The summed E-state index contributed by atoms with van der Waals surface area (Å²) in [4.78, 5) is 4.10. The van der Waals surface area contributed by atoms with Gasteiger partial charge >= 0.3 is 0 Å². The van der Waals surface area contributed by atoms with Gasteiger partial charge in [0.25, 0.3) is 0 Å². The standard InChI is InChI=1S/C17H9F3N4O2/c18-11-4-1-9(2-5-11)17-23-22-15(25-17)8-14-21-16(24-26-14)10-3-6-12(19)13(20)7-10/h1-7H,8H2. The molecule has 2 aromatic carbocycles. The molecule has 0 saturated carbocycles. The second-order valence-electron chi connectivity index (χ2n) is 5.33. The van der Waals surface area contributed by atoms with Gasteiger partial charge in [0.15, 0.2) is 11.6 Å². The van der Waals surface area contributed by atoms with E-state index in [9.17, 15) is 13.2 Å². The summed E-state index contributed by atoms with van der Waals surface area (Å²) >= 11 is 0. The Balaban J connectivity index is 1.52. The zero-order valence-electron chi connectivity index (χ0n) is 13.0. The smallest absolute Gasteiger partial charge is 0.247 e. The third kappa shape index (κ3) is 3.18. The zero-order chi connectivity index (χ0) is 18.1. The first-order valence-electron chi connectivity index (χ1n) is 7.45. The lowest BCUT2D eigenvalue weighted by Crippen LogP contribution is -1.90. The van der Waals surface area contributed by atoms with Gasteiger partial charge in [-0.3, -0.25) is 0 Å². The Morgan fingerprint density at radius 3 is 2.35 bits per heavy atom. The molecule has 0 aliphatic carbocycles. The quantitative estimate of drug-likeness (QED) is 0.552. The Kier molecular flexibility index (Phi) is 3.96. The highest BCUT2D eigenvalue weighted by atomic mass is 19.2. The Bertz CT molecular complexity index is 1060. The van der Waals surface area contributed by atoms with Gasteiger partial charge < -0.3 is 8.94 Å². The van der Waals surface area contributed by atoms with E-state index in [4.69, 9.17) is 8.94 Å². The van der Waals surface area contributed by atoms with Crippen molar-refractivity contribution >= 4 is 0 Å². The van der Waals surface area contributed by atoms with E-state index in [0.29, 0.717) is 5.56 Å². The van der Waals surface area contributed by atoms with Crippen LogP contribution in [0.4, 0.5) is 13.2 Å². The molecule has 0 saturated heterocycles. The minimum atomic E-state index is -1.00. The molecule has 9 heteroatoms. The minimum absolute atomic E-state index is 0.0604. The summed E-state index contributed by atoms with van der Waals surface area (Å²) in [7, 11) is 0. The van der Waals surface area contributed by atoms with Crippen LogP contribution in [-0.4, -0.2) is 20.3 Å². The minimum Gasteiger partial charge on any atom is -0.420 e. The highest BCUT2D eigenvalue weighted by Gasteiger charge is 2.15. The highest BCUT2D eigenvalue weighted by molar-refractivity contribution is 5.54. The summed E-state index contributed by atoms with van der Waals surface area (Å²) in [6.07, 6.45) is 0.0604. The predicted octanol–water partition coefficient (Wildman–Crippen LogP) is 3.79. The number of benzene rings is 2. The van der Waals surface area contributed by atoms with Crippen LogP contribution in [0.1, 0.15) is 11.8 Å². The van der Waals surface area contributed by atoms with E-state index < -0.39 is 11.6 Å². The van der Waals surface area contributed by atoms with Crippen molar-refractivity contribution < 1.29 is 22.1 Å². The van der Waals surface area contributed by atoms with Crippen molar-refractivity contribution in [1.82, 2.24) is 20.3 Å². The fraction of sp³-hybridized carbons (Fsp3) is 0.0588. The van der Waals surface area contributed by atoms with Crippen molar-refractivity contribution in [2.75, 3.05) is 0 Å². The molecule has 4 aromatic rings. The molecular weight excluding hydrogens is 349 g/mol. The molecule has 0 atom stereocenters. The van der Waals surface area contributed by atoms with E-state index in [-0.39, 0.29) is 41.3 Å². The van der Waals surface area contributed by atoms with Gasteiger partial charge in [-0.05, 0) is 42.5 Å². The third-order valence-electron chi connectivity index (χ3n) is 3.51. The molecule has 2 heterocycles. The van der Waals surface area contributed by atoms with Gasteiger partial charge in [0.2, 0.25) is 23.5 Å². The summed E-state index contributed by atoms with van der Waals surface area (Å²) in [6.45, 7) is 0. The Hall–Kier alpha value is -3.49. The number of nitrogens with zero attached hydrogens (tertiary/aromatic N) is 4. The van der Waals surface area contributed by atoms with Gasteiger partial charge in [-0.15, -0.1) is 10.2 Å². The van der Waals surface area contributed by atoms with Crippen LogP contribution in [0.5, 0.6) is 0 Å². The molecule has 0 fully saturated rings. The summed E-state index contributed by atoms with van der Waals surface area (Å²) in [5.41, 5.74) is 0.842. The maximum atomic E-state index is 13.3. The van der Waals surface area contributed by atoms with Crippen molar-refractivity contribution in [3.05, 3.63) is 71.7 Å². The number of aromatic nitrogens is 4. The Morgan fingerprint density at radius 1 is 0.808 bits per heavy atom. The first-order chi connectivity index (χ1) is 12.6. The summed E-state index contributed by atoms with van der Waals surface area (Å²) in [5.74, 6) is -1.63. The lowest BCUT2D eigenvalue weighted by Gasteiger charge is -1.95. The molecule has 0 aliphatic heterocycles. The van der Waals surface area contributed by atoms with Gasteiger partial charge in [-0.25, -0.2) is 13.2 Å². The maximum Gasteiger partial charge on any atom is 0.247 e. The molecule has 2 aromatic heterocycles. The topological polar surface area (TPSA) is 77.8 Å². The van der Waals surface area contributed by atoms with Gasteiger partial charge in [0.1, 0.15) is 12.2 Å². The van der Waals surface area contributed by atoms with Gasteiger partial charge in [-0.2, -0.15) is 4.98 Å². The average Bonchev–Trinajstić information content (AvgIpc) is 3.28. The van der Waals surface area contributed by atoms with Crippen LogP contribution in [0, 0.1) is 17.5 Å². The number of hydrogen-bond acceptors (Lipinski definition) is 6. The molecule has 0 aliphatic rings. The van der Waals surface area contributed by atoms with Crippen molar-refractivity contribution in [1.29, 1.82) is 0 Å². The Morgan fingerprint density at radius 2 is 1.58 bits per heavy atom. The van der Waals surface area contributed by atoms with Crippen LogP contribution in [0.25, 0.3) is 22.8 Å². The van der Waals surface area contributed by atoms with Crippen molar-refractivity contribution in [3.63, 3.8) is 0 Å². The van der Waals surface area contributed by atoms with Crippen molar-refractivity contribution in [3.8, 4) is 22.8 Å². The average molecular weight is 358 g/mol. The van der Waals surface area contributed by atoms with Gasteiger partial charge in [-0.1, -0.05) is 5.16 Å². The predicted molar refractivity (Wildman–Crippen MR) is 82.1 cm³/mol. The van der Waals surface area contributed by atoms with E-state index >= 15 is 0 Å². The van der Waals surface area contributed by atoms with Crippen LogP contribution < -0.4 is 0 Å². The fourth-order valence-electron chi connectivity index (χ4n) is 2.24. The van der Waals surface area contributed by atoms with Crippen LogP contribution in [0.2, 0.25) is 0 Å². The maximum absolute atomic E-state index is 13.3. The van der Waals surface area contributed by atoms with Crippen molar-refractivity contribution in [2.24, 2.45) is 0 Å². The third-order valence-corrected chi connectivity index (χ3v) is 3.51. The number of hydrogen-bond donors (Lipinski definition) is 0. The SMILES string of the molecule is Fc1ccc(-c2nnc(Cc3nc(-c4ccc(F)c(F)c4)no3)o2)cc1. The molecule has 0 unspecified atom stereocenters. The molecule has 0 spiro atoms. The van der Waals surface area contributed by atoms with Crippen LogP contribution in [-0.2, 0) is 6.42 Å². The van der Waals surface area contributed by atoms with E-state index in [2.05, 4.69) is 20.3 Å². The number of rotatable bonds is 4. The van der Waals surface area contributed by atoms with Gasteiger partial charge in [0.05, 0.1) is 0 Å². The zero-order valence-corrected chi connectivity index (χ0v) is 13.0. The lowest BCUT2D eigenvalue weighted by molar-refractivity contribution is 0.374. The lowest BCUT2D eigenvalue weighted by atomic mass is 10.2. The summed E-state index contributed by atoms with van der Waals surface area (Å²) < 4.78 is 49.8. The van der Waals surface area contributed by atoms with E-state index in [1.165, 1.54) is 30.3 Å². The molecule has 0 bridgehead atoms. The molecule has 0 radical (unpaired) electrons. The van der Waals surface area contributed by atoms with Crippen molar-refractivity contribution in [2.45, 2.75) is 6.42 Å². The normalized spacial score (nSPS) is 11.0. The molecule has 4 rings (SSSR count). The summed E-state index contributed by atoms with van der Waals surface area (Å²) in [6, 6.07) is 8.89. The van der Waals surface area contributed by atoms with Crippen LogP contribution >= 0.6 is 0 Å². The van der Waals surface area contributed by atoms with Crippen LogP contribution in [0.3, 0.4) is 0 Å². The molecule has 0 N–H and O–H groups in total. The number of halogens is 3. The molecule has 26 heavy (non-hydrogen) atoms. The molecule has 130 valence electrons. The van der Waals surface area contributed by atoms with E-state index in [1.807, 2.05) is 0 Å². The summed E-state index contributed by atoms with van der Waals surface area (Å²) in [5, 5.41) is 11.5. The second kappa shape index (κ2) is 6.43. The van der Waals surface area contributed by atoms with E-state index in [0.717, 1.165) is 12.1 Å². The second-order valence-corrected chi connectivity index (χ2v) is 5.33. The monoisotopic (exact) mass is 358 g/mol. The molecule has 0 amide bonds. The van der Waals surface area contributed by atoms with E-state index in [1.54, 1.807) is 0 Å². The first kappa shape index (κ1) is 16.0. The molecule has 6 nitrogen and oxygen atoms in total.